The van der Waals surface area contributed by atoms with Crippen molar-refractivity contribution in [2.75, 3.05) is 4.90 Å². The van der Waals surface area contributed by atoms with Gasteiger partial charge in [-0.3, -0.25) is 14.4 Å². The Bertz CT molecular complexity index is 1310. The summed E-state index contributed by atoms with van der Waals surface area (Å²) in [6, 6.07) is 21.4. The lowest BCUT2D eigenvalue weighted by molar-refractivity contribution is -0.132. The number of carbonyl (C=O) groups is 3. The molecule has 0 radical (unpaired) electrons. The van der Waals surface area contributed by atoms with E-state index in [0.717, 1.165) is 33.4 Å². The van der Waals surface area contributed by atoms with Crippen LogP contribution in [0.1, 0.15) is 46.2 Å². The number of benzene rings is 3. The van der Waals surface area contributed by atoms with Crippen LogP contribution in [0, 0.1) is 25.7 Å². The fourth-order valence-corrected chi connectivity index (χ4v) is 6.49. The highest BCUT2D eigenvalue weighted by molar-refractivity contribution is 6.25. The molecule has 2 bridgehead atoms. The summed E-state index contributed by atoms with van der Waals surface area (Å²) in [5.74, 6) is -2.12. The third kappa shape index (κ3) is 2.05. The van der Waals surface area contributed by atoms with E-state index in [1.165, 1.54) is 4.90 Å². The largest absolute Gasteiger partial charge is 0.299 e. The average Bonchev–Trinajstić information content (AvgIpc) is 3.06. The number of Topliss-reactive ketones (excluding diaryl/α,β-unsaturated/α-hetero) is 1. The van der Waals surface area contributed by atoms with E-state index in [2.05, 4.69) is 0 Å². The van der Waals surface area contributed by atoms with Crippen molar-refractivity contribution in [2.45, 2.75) is 32.1 Å². The number of nitrogens with zero attached hydrogens (tertiary/aromatic N) is 1. The highest BCUT2D eigenvalue weighted by Crippen LogP contribution is 2.64. The van der Waals surface area contributed by atoms with Gasteiger partial charge in [-0.05, 0) is 66.3 Å². The van der Waals surface area contributed by atoms with Crippen LogP contribution in [-0.2, 0) is 19.8 Å². The molecule has 1 fully saturated rings. The molecule has 0 saturated carbocycles. The zero-order chi connectivity index (χ0) is 22.4. The lowest BCUT2D eigenvalue weighted by Gasteiger charge is -2.52. The maximum absolute atomic E-state index is 14.0. The van der Waals surface area contributed by atoms with Gasteiger partial charge in [0.15, 0.2) is 0 Å². The number of aryl methyl sites for hydroxylation is 2. The zero-order valence-electron chi connectivity index (χ0n) is 18.3. The van der Waals surface area contributed by atoms with Crippen LogP contribution < -0.4 is 4.90 Å². The van der Waals surface area contributed by atoms with E-state index in [1.807, 2.05) is 80.6 Å². The Morgan fingerprint density at radius 2 is 1.41 bits per heavy atom. The quantitative estimate of drug-likeness (QED) is 0.575. The third-order valence-corrected chi connectivity index (χ3v) is 7.92. The van der Waals surface area contributed by atoms with Gasteiger partial charge in [0, 0.05) is 5.92 Å². The van der Waals surface area contributed by atoms with Crippen molar-refractivity contribution >= 4 is 23.3 Å². The Morgan fingerprint density at radius 1 is 0.812 bits per heavy atom. The molecule has 0 spiro atoms. The molecule has 1 aliphatic heterocycles. The van der Waals surface area contributed by atoms with Crippen LogP contribution in [0.2, 0.25) is 0 Å². The minimum absolute atomic E-state index is 0.0892. The maximum Gasteiger partial charge on any atom is 0.239 e. The van der Waals surface area contributed by atoms with Crippen molar-refractivity contribution < 1.29 is 14.4 Å². The first-order valence-corrected chi connectivity index (χ1v) is 11.0. The third-order valence-electron chi connectivity index (χ3n) is 7.92. The first-order chi connectivity index (χ1) is 15.4. The summed E-state index contributed by atoms with van der Waals surface area (Å²) in [4.78, 5) is 42.8. The van der Waals surface area contributed by atoms with Gasteiger partial charge >= 0.3 is 0 Å². The van der Waals surface area contributed by atoms with Gasteiger partial charge in [-0.25, -0.2) is 4.90 Å². The van der Waals surface area contributed by atoms with E-state index in [0.29, 0.717) is 5.69 Å². The van der Waals surface area contributed by atoms with Crippen LogP contribution in [0.4, 0.5) is 5.69 Å². The number of carbonyl (C=O) groups excluding carboxylic acids is 3. The molecule has 2 atom stereocenters. The summed E-state index contributed by atoms with van der Waals surface area (Å²) in [7, 11) is 0. The molecule has 158 valence electrons. The predicted molar refractivity (Wildman–Crippen MR) is 122 cm³/mol. The van der Waals surface area contributed by atoms with Crippen LogP contribution in [-0.4, -0.2) is 17.6 Å². The van der Waals surface area contributed by atoms with Gasteiger partial charge in [0.1, 0.15) is 5.78 Å². The number of anilines is 1. The Balaban J connectivity index is 1.66. The van der Waals surface area contributed by atoms with Crippen molar-refractivity contribution in [3.05, 3.63) is 100 Å². The maximum atomic E-state index is 14.0. The summed E-state index contributed by atoms with van der Waals surface area (Å²) in [6.07, 6.45) is 0. The Labute approximate surface area is 186 Å². The second-order valence-corrected chi connectivity index (χ2v) is 9.30. The van der Waals surface area contributed by atoms with E-state index in [9.17, 15) is 14.4 Å². The van der Waals surface area contributed by atoms with Crippen LogP contribution in [0.3, 0.4) is 0 Å². The molecular formula is C28H23NO3. The number of imide groups is 1. The van der Waals surface area contributed by atoms with E-state index in [-0.39, 0.29) is 23.5 Å². The smallest absolute Gasteiger partial charge is 0.239 e. The van der Waals surface area contributed by atoms with Gasteiger partial charge in [-0.1, -0.05) is 54.6 Å². The van der Waals surface area contributed by atoms with Crippen molar-refractivity contribution in [3.8, 4) is 0 Å². The van der Waals surface area contributed by atoms with Crippen LogP contribution in [0.5, 0.6) is 0 Å². The molecule has 0 unspecified atom stereocenters. The van der Waals surface area contributed by atoms with Gasteiger partial charge < -0.3 is 0 Å². The van der Waals surface area contributed by atoms with E-state index < -0.39 is 17.3 Å². The van der Waals surface area contributed by atoms with Crippen LogP contribution in [0.25, 0.3) is 0 Å². The highest BCUT2D eigenvalue weighted by Gasteiger charge is 2.69. The number of amides is 2. The molecule has 4 nitrogen and oxygen atoms in total. The van der Waals surface area contributed by atoms with E-state index >= 15 is 0 Å². The minimum atomic E-state index is -1.15. The molecule has 3 aliphatic carbocycles. The minimum Gasteiger partial charge on any atom is -0.299 e. The van der Waals surface area contributed by atoms with E-state index in [1.54, 1.807) is 6.92 Å². The Morgan fingerprint density at radius 3 is 1.97 bits per heavy atom. The second-order valence-electron chi connectivity index (χ2n) is 9.30. The molecule has 2 amide bonds. The monoisotopic (exact) mass is 421 g/mol. The van der Waals surface area contributed by atoms with Crippen LogP contribution in [0.15, 0.2) is 66.7 Å². The lowest BCUT2D eigenvalue weighted by atomic mass is 9.46. The van der Waals surface area contributed by atoms with E-state index in [4.69, 9.17) is 0 Å². The molecule has 0 N–H and O–H groups in total. The second kappa shape index (κ2) is 6.26. The average molecular weight is 421 g/mol. The summed E-state index contributed by atoms with van der Waals surface area (Å²) in [5, 5.41) is 0. The Kier molecular flexibility index (Phi) is 3.75. The van der Waals surface area contributed by atoms with Gasteiger partial charge in [-0.15, -0.1) is 0 Å². The number of hydrogen-bond acceptors (Lipinski definition) is 3. The van der Waals surface area contributed by atoms with Gasteiger partial charge in [-0.2, -0.15) is 0 Å². The van der Waals surface area contributed by atoms with Crippen molar-refractivity contribution in [3.63, 3.8) is 0 Å². The highest BCUT2D eigenvalue weighted by atomic mass is 16.2. The topological polar surface area (TPSA) is 54.5 Å². The van der Waals surface area contributed by atoms with Crippen molar-refractivity contribution in [1.82, 2.24) is 0 Å². The molecule has 4 heteroatoms. The standard InChI is InChI=1S/C28H23NO3/c1-15-12-13-18(14-16(15)2)29-26(31)24-23-19-8-4-6-10-21(19)28(17(3)30,25(24)27(29)32)22-11-7-5-9-20(22)23/h4-14,23-25H,1-3H3/t23?,24-,25+,28?/m1/s1. The molecule has 3 aromatic rings. The van der Waals surface area contributed by atoms with Gasteiger partial charge in [0.2, 0.25) is 11.8 Å². The lowest BCUT2D eigenvalue weighted by Crippen LogP contribution is -2.57. The molecule has 0 aromatic heterocycles. The molecular weight excluding hydrogens is 398 g/mol. The molecule has 7 rings (SSSR count). The number of rotatable bonds is 2. The zero-order valence-corrected chi connectivity index (χ0v) is 18.3. The predicted octanol–water partition coefficient (Wildman–Crippen LogP) is 4.44. The first-order valence-electron chi connectivity index (χ1n) is 11.0. The molecule has 3 aromatic carbocycles. The summed E-state index contributed by atoms with van der Waals surface area (Å²) in [6.45, 7) is 5.54. The molecule has 1 saturated heterocycles. The molecule has 4 aliphatic rings. The van der Waals surface area contributed by atoms with Crippen LogP contribution >= 0.6 is 0 Å². The first kappa shape index (κ1) is 19.2. The van der Waals surface area contributed by atoms with Crippen molar-refractivity contribution in [2.24, 2.45) is 11.8 Å². The summed E-state index contributed by atoms with van der Waals surface area (Å²) < 4.78 is 0. The SMILES string of the molecule is CC(=O)C12c3ccccc3C(c3ccccc31)[C@H]1C(=O)N(c3ccc(C)c(C)c3)C(=O)[C@H]12. The fourth-order valence-electron chi connectivity index (χ4n) is 6.49. The number of hydrogen-bond donors (Lipinski definition) is 0. The number of ketones is 1. The molecule has 32 heavy (non-hydrogen) atoms. The summed E-state index contributed by atoms with van der Waals surface area (Å²) in [5.41, 5.74) is 5.30. The normalized spacial score (nSPS) is 27.2. The fraction of sp³-hybridized carbons (Fsp3) is 0.250. The summed E-state index contributed by atoms with van der Waals surface area (Å²) >= 11 is 0. The van der Waals surface area contributed by atoms with Gasteiger partial charge in [0.25, 0.3) is 0 Å². The van der Waals surface area contributed by atoms with Gasteiger partial charge in [0.05, 0.1) is 22.9 Å². The van der Waals surface area contributed by atoms with Crippen molar-refractivity contribution in [1.29, 1.82) is 0 Å². The molecule has 1 heterocycles. The Hall–Kier alpha value is -3.53.